The molecular formula is C19H27N3O3. The number of hydrogen-bond donors (Lipinski definition) is 3. The summed E-state index contributed by atoms with van der Waals surface area (Å²) in [7, 11) is 0. The smallest absolute Gasteiger partial charge is 0.313 e. The van der Waals surface area contributed by atoms with Crippen molar-refractivity contribution in [2.45, 2.75) is 46.3 Å². The van der Waals surface area contributed by atoms with Crippen LogP contribution in [-0.2, 0) is 16.1 Å². The SMILES string of the molecule is CCC(O)CCNC(=O)C(=O)Nc1ccc2c(ccn2CC(C)C)c1. The molecule has 6 heteroatoms. The number of aliphatic hydroxyl groups excluding tert-OH is 1. The third-order valence-corrected chi connectivity index (χ3v) is 4.03. The number of hydrogen-bond acceptors (Lipinski definition) is 3. The van der Waals surface area contributed by atoms with E-state index in [1.807, 2.05) is 31.3 Å². The summed E-state index contributed by atoms with van der Waals surface area (Å²) in [6.45, 7) is 7.40. The van der Waals surface area contributed by atoms with E-state index in [2.05, 4.69) is 29.0 Å². The molecule has 25 heavy (non-hydrogen) atoms. The second kappa shape index (κ2) is 8.67. The van der Waals surface area contributed by atoms with Crippen molar-refractivity contribution < 1.29 is 14.7 Å². The maximum Gasteiger partial charge on any atom is 0.313 e. The Morgan fingerprint density at radius 1 is 1.20 bits per heavy atom. The highest BCUT2D eigenvalue weighted by molar-refractivity contribution is 6.39. The van der Waals surface area contributed by atoms with Crippen molar-refractivity contribution in [3.05, 3.63) is 30.5 Å². The van der Waals surface area contributed by atoms with Crippen LogP contribution in [0.3, 0.4) is 0 Å². The summed E-state index contributed by atoms with van der Waals surface area (Å²) in [5, 5.41) is 15.6. The Kier molecular flexibility index (Phi) is 6.58. The highest BCUT2D eigenvalue weighted by Crippen LogP contribution is 2.21. The van der Waals surface area contributed by atoms with Crippen molar-refractivity contribution in [1.29, 1.82) is 0 Å². The molecule has 0 aliphatic heterocycles. The predicted octanol–water partition coefficient (Wildman–Crippen LogP) is 2.51. The molecule has 136 valence electrons. The average Bonchev–Trinajstić information content (AvgIpc) is 2.96. The van der Waals surface area contributed by atoms with E-state index in [9.17, 15) is 14.7 Å². The van der Waals surface area contributed by atoms with E-state index in [0.717, 1.165) is 17.4 Å². The molecule has 1 heterocycles. The maximum absolute atomic E-state index is 12.0. The quantitative estimate of drug-likeness (QED) is 0.674. The van der Waals surface area contributed by atoms with Gasteiger partial charge in [0.15, 0.2) is 0 Å². The lowest BCUT2D eigenvalue weighted by atomic mass is 10.2. The van der Waals surface area contributed by atoms with Crippen molar-refractivity contribution in [2.24, 2.45) is 5.92 Å². The second-order valence-electron chi connectivity index (χ2n) is 6.70. The zero-order chi connectivity index (χ0) is 18.4. The first-order valence-electron chi connectivity index (χ1n) is 8.76. The lowest BCUT2D eigenvalue weighted by Gasteiger charge is -2.10. The van der Waals surface area contributed by atoms with Crippen LogP contribution in [0.15, 0.2) is 30.5 Å². The number of nitrogens with zero attached hydrogens (tertiary/aromatic N) is 1. The standard InChI is InChI=1S/C19H27N3O3/c1-4-16(23)7-9-20-18(24)19(25)21-15-5-6-17-14(11-15)8-10-22(17)12-13(2)3/h5-6,8,10-11,13,16,23H,4,7,9,12H2,1-3H3,(H,20,24)(H,21,25). The van der Waals surface area contributed by atoms with Crippen LogP contribution in [0.25, 0.3) is 10.9 Å². The predicted molar refractivity (Wildman–Crippen MR) is 99.3 cm³/mol. The Bertz CT molecular complexity index is 737. The molecule has 1 aromatic heterocycles. The number of amides is 2. The van der Waals surface area contributed by atoms with Gasteiger partial charge in [-0.25, -0.2) is 0 Å². The molecule has 0 spiro atoms. The molecule has 0 bridgehead atoms. The summed E-state index contributed by atoms with van der Waals surface area (Å²) in [6.07, 6.45) is 2.63. The third kappa shape index (κ3) is 5.32. The molecule has 6 nitrogen and oxygen atoms in total. The molecule has 3 N–H and O–H groups in total. The first kappa shape index (κ1) is 19.0. The van der Waals surface area contributed by atoms with Crippen LogP contribution in [0, 0.1) is 5.92 Å². The van der Waals surface area contributed by atoms with E-state index < -0.39 is 17.9 Å². The van der Waals surface area contributed by atoms with Gasteiger partial charge >= 0.3 is 11.8 Å². The lowest BCUT2D eigenvalue weighted by molar-refractivity contribution is -0.136. The minimum Gasteiger partial charge on any atom is -0.393 e. The van der Waals surface area contributed by atoms with Gasteiger partial charge in [-0.05, 0) is 43.0 Å². The molecule has 1 atom stereocenters. The fraction of sp³-hybridized carbons (Fsp3) is 0.474. The normalized spacial score (nSPS) is 12.4. The Morgan fingerprint density at radius 3 is 2.64 bits per heavy atom. The molecule has 1 unspecified atom stereocenters. The van der Waals surface area contributed by atoms with Crippen molar-refractivity contribution in [1.82, 2.24) is 9.88 Å². The highest BCUT2D eigenvalue weighted by Gasteiger charge is 2.14. The van der Waals surface area contributed by atoms with E-state index >= 15 is 0 Å². The summed E-state index contributed by atoms with van der Waals surface area (Å²) in [4.78, 5) is 23.8. The number of carbonyl (C=O) groups excluding carboxylic acids is 2. The van der Waals surface area contributed by atoms with Gasteiger partial charge in [-0.15, -0.1) is 0 Å². The molecule has 2 rings (SSSR count). The van der Waals surface area contributed by atoms with Crippen LogP contribution < -0.4 is 10.6 Å². The van der Waals surface area contributed by atoms with E-state index in [0.29, 0.717) is 24.4 Å². The largest absolute Gasteiger partial charge is 0.393 e. The molecule has 0 fully saturated rings. The van der Waals surface area contributed by atoms with E-state index in [1.54, 1.807) is 6.07 Å². The average molecular weight is 345 g/mol. The topological polar surface area (TPSA) is 83.4 Å². The van der Waals surface area contributed by atoms with Gasteiger partial charge in [0.25, 0.3) is 0 Å². The molecule has 0 saturated carbocycles. The summed E-state index contributed by atoms with van der Waals surface area (Å²) < 4.78 is 2.18. The Labute approximate surface area is 148 Å². The summed E-state index contributed by atoms with van der Waals surface area (Å²) in [5.74, 6) is -0.849. The summed E-state index contributed by atoms with van der Waals surface area (Å²) >= 11 is 0. The molecule has 0 aliphatic carbocycles. The summed E-state index contributed by atoms with van der Waals surface area (Å²) in [6, 6.07) is 7.60. The van der Waals surface area contributed by atoms with Crippen LogP contribution in [0.2, 0.25) is 0 Å². The number of aliphatic hydroxyl groups is 1. The van der Waals surface area contributed by atoms with Gasteiger partial charge in [0.05, 0.1) is 6.10 Å². The number of carbonyl (C=O) groups is 2. The molecule has 2 amide bonds. The highest BCUT2D eigenvalue weighted by atomic mass is 16.3. The maximum atomic E-state index is 12.0. The van der Waals surface area contributed by atoms with Gasteiger partial charge in [0.2, 0.25) is 0 Å². The van der Waals surface area contributed by atoms with Crippen molar-refractivity contribution in [2.75, 3.05) is 11.9 Å². The van der Waals surface area contributed by atoms with Gasteiger partial charge in [-0.3, -0.25) is 9.59 Å². The molecule has 0 aliphatic rings. The Balaban J connectivity index is 1.95. The second-order valence-corrected chi connectivity index (χ2v) is 6.70. The van der Waals surface area contributed by atoms with Crippen LogP contribution in [0.4, 0.5) is 5.69 Å². The fourth-order valence-electron chi connectivity index (χ4n) is 2.66. The molecule has 0 saturated heterocycles. The van der Waals surface area contributed by atoms with Crippen molar-refractivity contribution >= 4 is 28.4 Å². The van der Waals surface area contributed by atoms with Crippen LogP contribution in [-0.4, -0.2) is 34.1 Å². The Hall–Kier alpha value is -2.34. The summed E-state index contributed by atoms with van der Waals surface area (Å²) in [5.41, 5.74) is 1.69. The molecule has 0 radical (unpaired) electrons. The van der Waals surface area contributed by atoms with E-state index in [4.69, 9.17) is 0 Å². The molecule has 2 aromatic rings. The van der Waals surface area contributed by atoms with Gasteiger partial charge in [-0.1, -0.05) is 20.8 Å². The van der Waals surface area contributed by atoms with Gasteiger partial charge in [0.1, 0.15) is 0 Å². The first-order valence-corrected chi connectivity index (χ1v) is 8.76. The minimum atomic E-state index is -0.702. The number of benzene rings is 1. The van der Waals surface area contributed by atoms with Gasteiger partial charge < -0.3 is 20.3 Å². The zero-order valence-corrected chi connectivity index (χ0v) is 15.1. The number of fused-ring (bicyclic) bond motifs is 1. The van der Waals surface area contributed by atoms with E-state index in [-0.39, 0.29) is 6.54 Å². The molecule has 1 aromatic carbocycles. The van der Waals surface area contributed by atoms with Crippen LogP contribution in [0.1, 0.15) is 33.6 Å². The lowest BCUT2D eigenvalue weighted by Crippen LogP contribution is -2.36. The van der Waals surface area contributed by atoms with Crippen LogP contribution in [0.5, 0.6) is 0 Å². The van der Waals surface area contributed by atoms with Crippen LogP contribution >= 0.6 is 0 Å². The van der Waals surface area contributed by atoms with Crippen molar-refractivity contribution in [3.8, 4) is 0 Å². The minimum absolute atomic E-state index is 0.276. The first-order chi connectivity index (χ1) is 11.9. The molecular weight excluding hydrogens is 318 g/mol. The Morgan fingerprint density at radius 2 is 1.96 bits per heavy atom. The number of nitrogens with one attached hydrogen (secondary N) is 2. The van der Waals surface area contributed by atoms with Crippen molar-refractivity contribution in [3.63, 3.8) is 0 Å². The number of anilines is 1. The zero-order valence-electron chi connectivity index (χ0n) is 15.1. The number of aromatic nitrogens is 1. The third-order valence-electron chi connectivity index (χ3n) is 4.03. The fourth-order valence-corrected chi connectivity index (χ4v) is 2.66. The monoisotopic (exact) mass is 345 g/mol. The van der Waals surface area contributed by atoms with E-state index in [1.165, 1.54) is 0 Å². The van der Waals surface area contributed by atoms with Gasteiger partial charge in [0, 0.05) is 35.9 Å². The number of rotatable bonds is 7. The van der Waals surface area contributed by atoms with Gasteiger partial charge in [-0.2, -0.15) is 0 Å².